The van der Waals surface area contributed by atoms with Gasteiger partial charge in [0.15, 0.2) is 0 Å². The maximum Gasteiger partial charge on any atom is 0.250 e. The summed E-state index contributed by atoms with van der Waals surface area (Å²) in [6, 6.07) is 3.19. The van der Waals surface area contributed by atoms with Gasteiger partial charge in [-0.2, -0.15) is 0 Å². The van der Waals surface area contributed by atoms with E-state index in [1.54, 1.807) is 22.4 Å². The molecule has 1 aliphatic rings. The van der Waals surface area contributed by atoms with Gasteiger partial charge in [-0.25, -0.2) is 0 Å². The smallest absolute Gasteiger partial charge is 0.250 e. The zero-order valence-electron chi connectivity index (χ0n) is 13.4. The summed E-state index contributed by atoms with van der Waals surface area (Å²) in [5, 5.41) is 0. The van der Waals surface area contributed by atoms with Crippen LogP contribution < -0.4 is 11.3 Å². The number of nitrogen functional groups attached to an aromatic ring is 1. The van der Waals surface area contributed by atoms with Crippen LogP contribution in [0.2, 0.25) is 0 Å². The molecule has 4 heteroatoms. The Hall–Kier alpha value is -1.55. The molecule has 0 atom stereocenters. The van der Waals surface area contributed by atoms with E-state index < -0.39 is 0 Å². The Morgan fingerprint density at radius 2 is 2.00 bits per heavy atom. The number of nitrogens with zero attached hydrogens (tertiary/aromatic N) is 2. The Balaban J connectivity index is 1.82. The quantitative estimate of drug-likeness (QED) is 0.866. The average Bonchev–Trinajstić information content (AvgIpc) is 2.42. The van der Waals surface area contributed by atoms with Crippen molar-refractivity contribution in [3.8, 4) is 0 Å². The minimum absolute atomic E-state index is 0.0257. The molecule has 4 nitrogen and oxygen atoms in total. The van der Waals surface area contributed by atoms with E-state index in [2.05, 4.69) is 31.7 Å². The van der Waals surface area contributed by atoms with Crippen molar-refractivity contribution >= 4 is 5.69 Å². The molecular formula is C17H27N3O. The lowest BCUT2D eigenvalue weighted by Gasteiger charge is -2.32. The number of rotatable bonds is 4. The molecule has 116 valence electrons. The third-order valence-electron chi connectivity index (χ3n) is 4.14. The first-order valence-electron chi connectivity index (χ1n) is 7.74. The molecule has 0 bridgehead atoms. The number of aryl methyl sites for hydroxylation is 1. The number of pyridine rings is 1. The zero-order chi connectivity index (χ0) is 15.5. The number of hydrogen-bond donors (Lipinski definition) is 1. The molecular weight excluding hydrogens is 262 g/mol. The standard InChI is InChI=1S/C17H27N3O/c1-17(2,3)14-7-11-19(12-8-14)9-4-10-20-13-15(18)5-6-16(20)21/h5-7,13H,4,8-12,18H2,1-3H3. The van der Waals surface area contributed by atoms with Crippen LogP contribution >= 0.6 is 0 Å². The highest BCUT2D eigenvalue weighted by molar-refractivity contribution is 5.33. The molecule has 21 heavy (non-hydrogen) atoms. The normalized spacial score (nSPS) is 16.8. The van der Waals surface area contributed by atoms with Crippen molar-refractivity contribution in [2.45, 2.75) is 40.2 Å². The maximum absolute atomic E-state index is 11.7. The molecule has 0 unspecified atom stereocenters. The molecule has 0 spiro atoms. The summed E-state index contributed by atoms with van der Waals surface area (Å²) in [7, 11) is 0. The van der Waals surface area contributed by atoms with Crippen molar-refractivity contribution in [2.75, 3.05) is 25.4 Å². The van der Waals surface area contributed by atoms with Gasteiger partial charge in [0, 0.05) is 44.1 Å². The third kappa shape index (κ3) is 4.46. The minimum Gasteiger partial charge on any atom is -0.398 e. The highest BCUT2D eigenvalue weighted by Crippen LogP contribution is 2.29. The number of nitrogens with two attached hydrogens (primary N) is 1. The predicted octanol–water partition coefficient (Wildman–Crippen LogP) is 2.50. The molecule has 0 saturated heterocycles. The van der Waals surface area contributed by atoms with E-state index in [1.807, 2.05) is 0 Å². The first kappa shape index (κ1) is 15.8. The molecule has 1 aliphatic heterocycles. The monoisotopic (exact) mass is 289 g/mol. The summed E-state index contributed by atoms with van der Waals surface area (Å²) in [5.41, 5.74) is 8.24. The number of anilines is 1. The minimum atomic E-state index is 0.0257. The summed E-state index contributed by atoms with van der Waals surface area (Å²) in [5.74, 6) is 0. The molecule has 1 aromatic heterocycles. The van der Waals surface area contributed by atoms with Gasteiger partial charge < -0.3 is 10.3 Å². The first-order valence-corrected chi connectivity index (χ1v) is 7.74. The molecule has 0 fully saturated rings. The van der Waals surface area contributed by atoms with Gasteiger partial charge in [-0.05, 0) is 24.3 Å². The third-order valence-corrected chi connectivity index (χ3v) is 4.14. The first-order chi connectivity index (χ1) is 9.86. The van der Waals surface area contributed by atoms with Crippen molar-refractivity contribution in [3.63, 3.8) is 0 Å². The van der Waals surface area contributed by atoms with Crippen LogP contribution in [0.4, 0.5) is 5.69 Å². The Morgan fingerprint density at radius 1 is 1.24 bits per heavy atom. The predicted molar refractivity (Wildman–Crippen MR) is 88.3 cm³/mol. The molecule has 0 aromatic carbocycles. The van der Waals surface area contributed by atoms with Gasteiger partial charge in [0.1, 0.15) is 0 Å². The molecule has 0 saturated carbocycles. The fraction of sp³-hybridized carbons (Fsp3) is 0.588. The fourth-order valence-electron chi connectivity index (χ4n) is 2.78. The van der Waals surface area contributed by atoms with Gasteiger partial charge in [0.05, 0.1) is 0 Å². The fourth-order valence-corrected chi connectivity index (χ4v) is 2.78. The van der Waals surface area contributed by atoms with Crippen LogP contribution in [0.3, 0.4) is 0 Å². The molecule has 2 N–H and O–H groups in total. The second-order valence-electron chi connectivity index (χ2n) is 6.88. The highest BCUT2D eigenvalue weighted by atomic mass is 16.1. The van der Waals surface area contributed by atoms with E-state index in [4.69, 9.17) is 5.73 Å². The van der Waals surface area contributed by atoms with Crippen molar-refractivity contribution in [2.24, 2.45) is 5.41 Å². The van der Waals surface area contributed by atoms with Crippen molar-refractivity contribution in [1.29, 1.82) is 0 Å². The van der Waals surface area contributed by atoms with E-state index in [1.165, 1.54) is 6.07 Å². The van der Waals surface area contributed by atoms with Crippen LogP contribution in [-0.4, -0.2) is 29.1 Å². The van der Waals surface area contributed by atoms with Gasteiger partial charge in [0.25, 0.3) is 5.56 Å². The summed E-state index contributed by atoms with van der Waals surface area (Å²) in [6.07, 6.45) is 6.23. The Morgan fingerprint density at radius 3 is 2.62 bits per heavy atom. The van der Waals surface area contributed by atoms with E-state index in [0.717, 1.165) is 39.0 Å². The maximum atomic E-state index is 11.7. The highest BCUT2D eigenvalue weighted by Gasteiger charge is 2.20. The van der Waals surface area contributed by atoms with Crippen molar-refractivity contribution in [3.05, 3.63) is 40.3 Å². The second kappa shape index (κ2) is 6.48. The van der Waals surface area contributed by atoms with Crippen LogP contribution in [0.1, 0.15) is 33.6 Å². The van der Waals surface area contributed by atoms with Gasteiger partial charge in [-0.1, -0.05) is 32.4 Å². The van der Waals surface area contributed by atoms with Gasteiger partial charge in [-0.15, -0.1) is 0 Å². The SMILES string of the molecule is CC(C)(C)C1=CCN(CCCn2cc(N)ccc2=O)CC1. The molecule has 0 aliphatic carbocycles. The van der Waals surface area contributed by atoms with Gasteiger partial charge in [-0.3, -0.25) is 9.69 Å². The van der Waals surface area contributed by atoms with Crippen LogP contribution in [0, 0.1) is 5.41 Å². The number of hydrogen-bond acceptors (Lipinski definition) is 3. The Labute approximate surface area is 127 Å². The summed E-state index contributed by atoms with van der Waals surface area (Å²) in [4.78, 5) is 14.1. The number of aromatic nitrogens is 1. The molecule has 2 heterocycles. The Kier molecular flexibility index (Phi) is 4.88. The summed E-state index contributed by atoms with van der Waals surface area (Å²) >= 11 is 0. The van der Waals surface area contributed by atoms with E-state index in [0.29, 0.717) is 11.1 Å². The van der Waals surface area contributed by atoms with Gasteiger partial charge in [0.2, 0.25) is 0 Å². The van der Waals surface area contributed by atoms with Crippen molar-refractivity contribution in [1.82, 2.24) is 9.47 Å². The molecule has 1 aromatic rings. The summed E-state index contributed by atoms with van der Waals surface area (Å²) < 4.78 is 1.70. The van der Waals surface area contributed by atoms with E-state index >= 15 is 0 Å². The molecule has 0 amide bonds. The van der Waals surface area contributed by atoms with Gasteiger partial charge >= 0.3 is 0 Å². The Bertz CT molecular complexity index is 566. The lowest BCUT2D eigenvalue weighted by molar-refractivity contribution is 0.270. The van der Waals surface area contributed by atoms with E-state index in [-0.39, 0.29) is 5.56 Å². The second-order valence-corrected chi connectivity index (χ2v) is 6.88. The summed E-state index contributed by atoms with van der Waals surface area (Å²) in [6.45, 7) is 10.7. The zero-order valence-corrected chi connectivity index (χ0v) is 13.4. The van der Waals surface area contributed by atoms with Crippen LogP contribution in [0.5, 0.6) is 0 Å². The molecule has 2 rings (SSSR count). The lowest BCUT2D eigenvalue weighted by Crippen LogP contribution is -2.33. The topological polar surface area (TPSA) is 51.3 Å². The lowest BCUT2D eigenvalue weighted by atomic mass is 9.83. The van der Waals surface area contributed by atoms with Crippen molar-refractivity contribution < 1.29 is 0 Å². The van der Waals surface area contributed by atoms with Crippen LogP contribution in [0.15, 0.2) is 34.8 Å². The van der Waals surface area contributed by atoms with E-state index in [9.17, 15) is 4.79 Å². The van der Waals surface area contributed by atoms with Crippen LogP contribution in [-0.2, 0) is 6.54 Å². The van der Waals surface area contributed by atoms with Crippen LogP contribution in [0.25, 0.3) is 0 Å². The average molecular weight is 289 g/mol. The largest absolute Gasteiger partial charge is 0.398 e. The molecule has 0 radical (unpaired) electrons.